The van der Waals surface area contributed by atoms with E-state index in [4.69, 9.17) is 9.40 Å². The molecule has 0 bridgehead atoms. The van der Waals surface area contributed by atoms with Gasteiger partial charge in [0.25, 0.3) is 0 Å². The SMILES string of the molecule is c1ccc2cc3c(cc2c1)c1cc2ccccc2cc1n3-c1ccc(-c2nc3c(ccc4sc5ccccc5c43)o2)cc1. The van der Waals surface area contributed by atoms with Gasteiger partial charge in [-0.25, -0.2) is 4.98 Å². The van der Waals surface area contributed by atoms with Crippen LogP contribution < -0.4 is 0 Å². The predicted octanol–water partition coefficient (Wildman–Crippen LogP) is 11.3. The molecule has 7 aromatic carbocycles. The number of hydrogen-bond donors (Lipinski definition) is 0. The summed E-state index contributed by atoms with van der Waals surface area (Å²) in [6, 6.07) is 47.9. The van der Waals surface area contributed by atoms with Crippen molar-refractivity contribution < 1.29 is 4.42 Å². The Balaban J connectivity index is 1.17. The number of aromatic nitrogens is 2. The van der Waals surface area contributed by atoms with Gasteiger partial charge in [0.15, 0.2) is 5.58 Å². The van der Waals surface area contributed by atoms with Crippen LogP contribution in [0.15, 0.2) is 138 Å². The maximum absolute atomic E-state index is 6.33. The van der Waals surface area contributed by atoms with Crippen molar-refractivity contribution in [1.82, 2.24) is 9.55 Å². The summed E-state index contributed by atoms with van der Waals surface area (Å²) in [7, 11) is 0. The van der Waals surface area contributed by atoms with Gasteiger partial charge in [0.1, 0.15) is 5.52 Å². The Morgan fingerprint density at radius 2 is 1.14 bits per heavy atom. The van der Waals surface area contributed by atoms with Crippen LogP contribution in [0.3, 0.4) is 0 Å². The van der Waals surface area contributed by atoms with Gasteiger partial charge in [-0.3, -0.25) is 0 Å². The van der Waals surface area contributed by atoms with Crippen LogP contribution in [0.4, 0.5) is 0 Å². The highest BCUT2D eigenvalue weighted by Gasteiger charge is 2.17. The normalized spacial score (nSPS) is 12.2. The number of hydrogen-bond acceptors (Lipinski definition) is 3. The van der Waals surface area contributed by atoms with Gasteiger partial charge in [-0.05, 0) is 88.3 Å². The van der Waals surface area contributed by atoms with Crippen LogP contribution in [0.25, 0.3) is 91.8 Å². The molecule has 10 rings (SSSR count). The third kappa shape index (κ3) is 3.33. The van der Waals surface area contributed by atoms with E-state index in [2.05, 4.69) is 132 Å². The average Bonchev–Trinajstić information content (AvgIpc) is 3.74. The molecule has 0 atom stereocenters. The highest BCUT2D eigenvalue weighted by Crippen LogP contribution is 2.40. The van der Waals surface area contributed by atoms with E-state index in [1.54, 1.807) is 11.3 Å². The highest BCUT2D eigenvalue weighted by atomic mass is 32.1. The number of nitrogens with zero attached hydrogens (tertiary/aromatic N) is 2. The van der Waals surface area contributed by atoms with E-state index in [1.807, 2.05) is 6.07 Å². The molecule has 3 heterocycles. The molecule has 0 unspecified atom stereocenters. The molecule has 0 aliphatic rings. The maximum Gasteiger partial charge on any atom is 0.227 e. The third-order valence-electron chi connectivity index (χ3n) is 8.77. The zero-order valence-electron chi connectivity index (χ0n) is 22.9. The predicted molar refractivity (Wildman–Crippen MR) is 182 cm³/mol. The van der Waals surface area contributed by atoms with Crippen molar-refractivity contribution >= 4 is 86.0 Å². The van der Waals surface area contributed by atoms with Gasteiger partial charge in [-0.15, -0.1) is 11.3 Å². The highest BCUT2D eigenvalue weighted by molar-refractivity contribution is 7.26. The Bertz CT molecular complexity index is 2630. The lowest BCUT2D eigenvalue weighted by Gasteiger charge is -2.09. The second kappa shape index (κ2) is 8.54. The first-order valence-corrected chi connectivity index (χ1v) is 15.3. The first-order valence-electron chi connectivity index (χ1n) is 14.5. The molecule has 0 amide bonds. The molecular formula is C39H22N2OS. The number of rotatable bonds is 2. The van der Waals surface area contributed by atoms with Gasteiger partial charge in [0.2, 0.25) is 5.89 Å². The van der Waals surface area contributed by atoms with E-state index in [-0.39, 0.29) is 0 Å². The van der Waals surface area contributed by atoms with Crippen LogP contribution in [-0.2, 0) is 0 Å². The van der Waals surface area contributed by atoms with Gasteiger partial charge in [0.05, 0.1) is 11.0 Å². The first-order chi connectivity index (χ1) is 21.3. The number of oxazole rings is 1. The monoisotopic (exact) mass is 566 g/mol. The van der Waals surface area contributed by atoms with E-state index in [1.165, 1.54) is 63.5 Å². The summed E-state index contributed by atoms with van der Waals surface area (Å²) < 4.78 is 11.2. The van der Waals surface area contributed by atoms with Crippen molar-refractivity contribution in [3.05, 3.63) is 133 Å². The van der Waals surface area contributed by atoms with Crippen molar-refractivity contribution in [2.75, 3.05) is 0 Å². The lowest BCUT2D eigenvalue weighted by molar-refractivity contribution is 0.620. The summed E-state index contributed by atoms with van der Waals surface area (Å²) >= 11 is 1.80. The summed E-state index contributed by atoms with van der Waals surface area (Å²) in [6.07, 6.45) is 0. The second-order valence-corrected chi connectivity index (χ2v) is 12.3. The topological polar surface area (TPSA) is 31.0 Å². The lowest BCUT2D eigenvalue weighted by atomic mass is 10.0. The molecule has 0 saturated carbocycles. The van der Waals surface area contributed by atoms with Crippen molar-refractivity contribution in [3.8, 4) is 17.1 Å². The van der Waals surface area contributed by atoms with Crippen LogP contribution in [0.5, 0.6) is 0 Å². The molecule has 43 heavy (non-hydrogen) atoms. The van der Waals surface area contributed by atoms with Crippen LogP contribution in [0, 0.1) is 0 Å². The van der Waals surface area contributed by atoms with Gasteiger partial charge in [-0.1, -0.05) is 66.7 Å². The maximum atomic E-state index is 6.33. The molecule has 3 nitrogen and oxygen atoms in total. The van der Waals surface area contributed by atoms with Crippen molar-refractivity contribution in [2.24, 2.45) is 0 Å². The Kier molecular flexibility index (Phi) is 4.60. The number of fused-ring (bicyclic) bond motifs is 10. The molecule has 200 valence electrons. The number of thiophene rings is 1. The fraction of sp³-hybridized carbons (Fsp3) is 0. The largest absolute Gasteiger partial charge is 0.436 e. The van der Waals surface area contributed by atoms with E-state index < -0.39 is 0 Å². The van der Waals surface area contributed by atoms with Gasteiger partial charge in [0, 0.05) is 42.2 Å². The Hall–Kier alpha value is -5.45. The summed E-state index contributed by atoms with van der Waals surface area (Å²) in [5.41, 5.74) is 6.21. The third-order valence-corrected chi connectivity index (χ3v) is 9.91. The Labute approximate surface area is 249 Å². The minimum Gasteiger partial charge on any atom is -0.436 e. The van der Waals surface area contributed by atoms with Crippen molar-refractivity contribution in [3.63, 3.8) is 0 Å². The Morgan fingerprint density at radius 3 is 1.81 bits per heavy atom. The van der Waals surface area contributed by atoms with Crippen molar-refractivity contribution in [2.45, 2.75) is 0 Å². The molecule has 0 aliphatic carbocycles. The zero-order valence-corrected chi connectivity index (χ0v) is 23.7. The summed E-state index contributed by atoms with van der Waals surface area (Å²) in [4.78, 5) is 5.03. The molecule has 0 fully saturated rings. The van der Waals surface area contributed by atoms with Crippen LogP contribution in [0.1, 0.15) is 0 Å². The molecule has 4 heteroatoms. The van der Waals surface area contributed by atoms with E-state index >= 15 is 0 Å². The van der Waals surface area contributed by atoms with Crippen molar-refractivity contribution in [1.29, 1.82) is 0 Å². The average molecular weight is 567 g/mol. The zero-order chi connectivity index (χ0) is 28.1. The smallest absolute Gasteiger partial charge is 0.227 e. The van der Waals surface area contributed by atoms with Gasteiger partial charge >= 0.3 is 0 Å². The fourth-order valence-electron chi connectivity index (χ4n) is 6.74. The summed E-state index contributed by atoms with van der Waals surface area (Å²) in [5, 5.41) is 9.90. The molecule has 0 spiro atoms. The molecule has 10 aromatic rings. The van der Waals surface area contributed by atoms with Crippen LogP contribution >= 0.6 is 11.3 Å². The second-order valence-electron chi connectivity index (χ2n) is 11.2. The first kappa shape index (κ1) is 23.1. The quantitative estimate of drug-likeness (QED) is 0.208. The molecule has 3 aromatic heterocycles. The fourth-order valence-corrected chi connectivity index (χ4v) is 7.85. The van der Waals surface area contributed by atoms with E-state index in [0.29, 0.717) is 5.89 Å². The Morgan fingerprint density at radius 1 is 0.535 bits per heavy atom. The summed E-state index contributed by atoms with van der Waals surface area (Å²) in [6.45, 7) is 0. The molecular weight excluding hydrogens is 545 g/mol. The van der Waals surface area contributed by atoms with E-state index in [0.717, 1.165) is 22.4 Å². The number of benzene rings is 7. The van der Waals surface area contributed by atoms with Gasteiger partial charge in [-0.2, -0.15) is 0 Å². The minimum atomic E-state index is 0.642. The molecule has 0 aliphatic heterocycles. The summed E-state index contributed by atoms with van der Waals surface area (Å²) in [5.74, 6) is 0.642. The molecule has 0 radical (unpaired) electrons. The molecule has 0 N–H and O–H groups in total. The van der Waals surface area contributed by atoms with Crippen LogP contribution in [-0.4, -0.2) is 9.55 Å². The van der Waals surface area contributed by atoms with Gasteiger partial charge < -0.3 is 8.98 Å². The minimum absolute atomic E-state index is 0.642. The van der Waals surface area contributed by atoms with E-state index in [9.17, 15) is 0 Å². The van der Waals surface area contributed by atoms with Crippen LogP contribution in [0.2, 0.25) is 0 Å². The standard InChI is InChI=1S/C39H22N2OS/c1-3-9-26-21-32-30(19-24(26)7-1)31-20-25-8-2-4-10-27(25)22-33(31)41(32)28-15-13-23(14-16-28)39-40-38-34(42-39)17-18-36-37(38)29-11-5-6-12-35(29)43-36/h1-22H. The molecule has 0 saturated heterocycles. The lowest BCUT2D eigenvalue weighted by Crippen LogP contribution is -1.94.